The Morgan fingerprint density at radius 1 is 1.04 bits per heavy atom. The molecule has 26 heavy (non-hydrogen) atoms. The molecule has 144 valence electrons. The van der Waals surface area contributed by atoms with Crippen LogP contribution in [0.5, 0.6) is 0 Å². The minimum atomic E-state index is -1.42. The molecule has 6 atom stereocenters. The maximum Gasteiger partial charge on any atom is 0.334 e. The average Bonchev–Trinajstić information content (AvgIpc) is 3.20. The molecule has 4 rings (SSSR count). The molecule has 0 aromatic carbocycles. The van der Waals surface area contributed by atoms with Gasteiger partial charge in [-0.1, -0.05) is 6.42 Å². The van der Waals surface area contributed by atoms with Crippen molar-refractivity contribution in [2.75, 3.05) is 14.2 Å². The van der Waals surface area contributed by atoms with E-state index in [0.29, 0.717) is 0 Å². The molecule has 8 nitrogen and oxygen atoms in total. The molecule has 1 spiro atoms. The first-order chi connectivity index (χ1) is 12.4. The highest BCUT2D eigenvalue weighted by Gasteiger charge is 2.84. The molecule has 0 aromatic heterocycles. The van der Waals surface area contributed by atoms with Gasteiger partial charge in [-0.3, -0.25) is 9.59 Å². The SMILES string of the molecule is COC(=O)[C@H]1[C@@H]2C3OC4(CCCCC4)OC3[C@@](NC(C)=O)(C(=O)OC)[C@H]12. The van der Waals surface area contributed by atoms with E-state index < -0.39 is 47.3 Å². The number of ether oxygens (including phenoxy) is 4. The van der Waals surface area contributed by atoms with Gasteiger partial charge >= 0.3 is 11.9 Å². The van der Waals surface area contributed by atoms with E-state index in [1.807, 2.05) is 0 Å². The number of amides is 1. The predicted octanol–water partition coefficient (Wildman–Crippen LogP) is 0.528. The van der Waals surface area contributed by atoms with E-state index in [1.165, 1.54) is 21.1 Å². The number of carbonyl (C=O) groups excluding carboxylic acids is 3. The fourth-order valence-electron chi connectivity index (χ4n) is 5.47. The second-order valence-electron chi connectivity index (χ2n) is 7.79. The molecular weight excluding hydrogens is 342 g/mol. The summed E-state index contributed by atoms with van der Waals surface area (Å²) in [5.41, 5.74) is -1.42. The number of hydrogen-bond acceptors (Lipinski definition) is 7. The molecule has 1 saturated heterocycles. The van der Waals surface area contributed by atoms with E-state index >= 15 is 0 Å². The summed E-state index contributed by atoms with van der Waals surface area (Å²) >= 11 is 0. The molecule has 4 aliphatic rings. The third-order valence-corrected chi connectivity index (χ3v) is 6.42. The molecule has 1 heterocycles. The van der Waals surface area contributed by atoms with Crippen molar-refractivity contribution in [1.82, 2.24) is 5.32 Å². The highest BCUT2D eigenvalue weighted by molar-refractivity contribution is 5.92. The van der Waals surface area contributed by atoms with Crippen LogP contribution in [0.4, 0.5) is 0 Å². The molecular formula is C18H25NO7. The molecule has 3 saturated carbocycles. The van der Waals surface area contributed by atoms with Crippen LogP contribution in [0, 0.1) is 17.8 Å². The first kappa shape index (κ1) is 17.7. The van der Waals surface area contributed by atoms with E-state index in [-0.39, 0.29) is 11.8 Å². The van der Waals surface area contributed by atoms with Crippen LogP contribution in [-0.4, -0.2) is 55.6 Å². The number of hydrogen-bond donors (Lipinski definition) is 1. The molecule has 1 N–H and O–H groups in total. The Morgan fingerprint density at radius 2 is 1.73 bits per heavy atom. The van der Waals surface area contributed by atoms with E-state index in [0.717, 1.165) is 32.1 Å². The van der Waals surface area contributed by atoms with Crippen molar-refractivity contribution < 1.29 is 33.3 Å². The summed E-state index contributed by atoms with van der Waals surface area (Å²) in [6.07, 6.45) is 3.49. The van der Waals surface area contributed by atoms with Crippen LogP contribution in [-0.2, 0) is 33.3 Å². The summed E-state index contributed by atoms with van der Waals surface area (Å²) in [4.78, 5) is 37.1. The van der Waals surface area contributed by atoms with E-state index in [4.69, 9.17) is 18.9 Å². The molecule has 0 aromatic rings. The Morgan fingerprint density at radius 3 is 2.31 bits per heavy atom. The van der Waals surface area contributed by atoms with Crippen LogP contribution in [0.15, 0.2) is 0 Å². The van der Waals surface area contributed by atoms with E-state index in [1.54, 1.807) is 0 Å². The summed E-state index contributed by atoms with van der Waals surface area (Å²) in [6.45, 7) is 1.34. The maximum atomic E-state index is 12.9. The average molecular weight is 367 g/mol. The number of rotatable bonds is 3. The van der Waals surface area contributed by atoms with Gasteiger partial charge < -0.3 is 24.3 Å². The van der Waals surface area contributed by atoms with Crippen molar-refractivity contribution in [1.29, 1.82) is 0 Å². The number of fused-ring (bicyclic) bond motifs is 3. The fourth-order valence-corrected chi connectivity index (χ4v) is 5.47. The third-order valence-electron chi connectivity index (χ3n) is 6.42. The lowest BCUT2D eigenvalue weighted by Crippen LogP contribution is -2.64. The summed E-state index contributed by atoms with van der Waals surface area (Å²) in [5, 5.41) is 2.77. The van der Waals surface area contributed by atoms with Gasteiger partial charge in [-0.2, -0.15) is 0 Å². The molecule has 3 aliphatic carbocycles. The zero-order chi connectivity index (χ0) is 18.7. The highest BCUT2D eigenvalue weighted by atomic mass is 16.8. The predicted molar refractivity (Wildman–Crippen MR) is 86.6 cm³/mol. The smallest absolute Gasteiger partial charge is 0.334 e. The zero-order valence-corrected chi connectivity index (χ0v) is 15.3. The molecule has 0 radical (unpaired) electrons. The number of esters is 2. The number of methoxy groups -OCH3 is 2. The first-order valence-electron chi connectivity index (χ1n) is 9.21. The lowest BCUT2D eigenvalue weighted by Gasteiger charge is -2.37. The minimum absolute atomic E-state index is 0.222. The Kier molecular flexibility index (Phi) is 4.04. The Labute approximate surface area is 151 Å². The standard InChI is InChI=1S/C18H25NO7/c1-9(20)19-18(16(22)24-3)12-10(11(12)15(21)23-2)13-14(18)26-17(25-13)7-5-4-6-8-17/h10-14H,4-8H2,1-3H3,(H,19,20)/t10-,11-,12-,13?,14?,18+/m0/s1. The molecule has 0 bridgehead atoms. The summed E-state index contributed by atoms with van der Waals surface area (Å²) in [6, 6.07) is 0. The van der Waals surface area contributed by atoms with Gasteiger partial charge in [0.15, 0.2) is 11.3 Å². The van der Waals surface area contributed by atoms with Gasteiger partial charge in [0.2, 0.25) is 5.91 Å². The van der Waals surface area contributed by atoms with Gasteiger partial charge in [0.1, 0.15) is 6.10 Å². The number of nitrogens with one attached hydrogen (secondary N) is 1. The van der Waals surface area contributed by atoms with Crippen LogP contribution >= 0.6 is 0 Å². The lowest BCUT2D eigenvalue weighted by atomic mass is 9.86. The van der Waals surface area contributed by atoms with Gasteiger partial charge in [0.25, 0.3) is 0 Å². The van der Waals surface area contributed by atoms with Gasteiger partial charge in [-0.25, -0.2) is 4.79 Å². The Hall–Kier alpha value is -1.67. The normalized spacial score (nSPS) is 41.9. The van der Waals surface area contributed by atoms with Crippen LogP contribution in [0.25, 0.3) is 0 Å². The van der Waals surface area contributed by atoms with E-state index in [9.17, 15) is 14.4 Å². The largest absolute Gasteiger partial charge is 0.469 e. The van der Waals surface area contributed by atoms with Crippen molar-refractivity contribution in [2.45, 2.75) is 62.6 Å². The monoisotopic (exact) mass is 367 g/mol. The van der Waals surface area contributed by atoms with Crippen molar-refractivity contribution in [3.8, 4) is 0 Å². The minimum Gasteiger partial charge on any atom is -0.469 e. The zero-order valence-electron chi connectivity index (χ0n) is 15.3. The molecule has 2 unspecified atom stereocenters. The molecule has 1 aliphatic heterocycles. The van der Waals surface area contributed by atoms with Crippen LogP contribution in [0.1, 0.15) is 39.0 Å². The van der Waals surface area contributed by atoms with Gasteiger partial charge in [-0.05, 0) is 12.8 Å². The maximum absolute atomic E-state index is 12.9. The van der Waals surface area contributed by atoms with Crippen molar-refractivity contribution in [2.24, 2.45) is 17.8 Å². The Bertz CT molecular complexity index is 643. The van der Waals surface area contributed by atoms with Gasteiger partial charge in [0.05, 0.1) is 26.2 Å². The topological polar surface area (TPSA) is 100 Å². The third kappa shape index (κ3) is 2.24. The van der Waals surface area contributed by atoms with Crippen LogP contribution in [0.2, 0.25) is 0 Å². The molecule has 8 heteroatoms. The lowest BCUT2D eigenvalue weighted by molar-refractivity contribution is -0.208. The summed E-state index contributed by atoms with van der Waals surface area (Å²) in [5.74, 6) is -3.28. The Balaban J connectivity index is 1.74. The second-order valence-corrected chi connectivity index (χ2v) is 7.79. The second kappa shape index (κ2) is 5.92. The summed E-state index contributed by atoms with van der Waals surface area (Å²) < 4.78 is 22.6. The summed E-state index contributed by atoms with van der Waals surface area (Å²) in [7, 11) is 2.59. The fraction of sp³-hybridized carbons (Fsp3) is 0.833. The quantitative estimate of drug-likeness (QED) is 0.726. The van der Waals surface area contributed by atoms with Crippen LogP contribution in [0.3, 0.4) is 0 Å². The van der Waals surface area contributed by atoms with Crippen molar-refractivity contribution in [3.63, 3.8) is 0 Å². The van der Waals surface area contributed by atoms with Crippen molar-refractivity contribution in [3.05, 3.63) is 0 Å². The molecule has 4 fully saturated rings. The van der Waals surface area contributed by atoms with Gasteiger partial charge in [0, 0.05) is 31.6 Å². The highest BCUT2D eigenvalue weighted by Crippen LogP contribution is 2.68. The van der Waals surface area contributed by atoms with Crippen LogP contribution < -0.4 is 5.32 Å². The molecule has 1 amide bonds. The van der Waals surface area contributed by atoms with Gasteiger partial charge in [-0.15, -0.1) is 0 Å². The number of carbonyl (C=O) groups is 3. The first-order valence-corrected chi connectivity index (χ1v) is 9.21. The van der Waals surface area contributed by atoms with Crippen molar-refractivity contribution >= 4 is 17.8 Å². The van der Waals surface area contributed by atoms with E-state index in [2.05, 4.69) is 5.32 Å².